The van der Waals surface area contributed by atoms with Crippen LogP contribution in [0.2, 0.25) is 0 Å². The van der Waals surface area contributed by atoms with Gasteiger partial charge < -0.3 is 9.47 Å². The van der Waals surface area contributed by atoms with Crippen LogP contribution >= 0.6 is 15.9 Å². The molecule has 0 bridgehead atoms. The highest BCUT2D eigenvalue weighted by Gasteiger charge is 2.13. The Morgan fingerprint density at radius 3 is 2.64 bits per heavy atom. The molecule has 0 spiro atoms. The van der Waals surface area contributed by atoms with E-state index in [0.717, 1.165) is 16.5 Å². The smallest absolute Gasteiger partial charge is 0.282 e. The third kappa shape index (κ3) is 5.44. The molecule has 0 fully saturated rings. The zero-order chi connectivity index (χ0) is 25.7. The van der Waals surface area contributed by atoms with E-state index >= 15 is 0 Å². The zero-order valence-corrected chi connectivity index (χ0v) is 21.3. The molecular formula is C26H23BrN4O5. The van der Waals surface area contributed by atoms with E-state index in [1.54, 1.807) is 48.7 Å². The lowest BCUT2D eigenvalue weighted by atomic mass is 10.2. The van der Waals surface area contributed by atoms with Crippen LogP contribution in [0, 0.1) is 10.1 Å². The lowest BCUT2D eigenvalue weighted by Gasteiger charge is -2.13. The van der Waals surface area contributed by atoms with Gasteiger partial charge in [0.15, 0.2) is 11.5 Å². The summed E-state index contributed by atoms with van der Waals surface area (Å²) < 4.78 is 13.6. The van der Waals surface area contributed by atoms with Gasteiger partial charge in [0.2, 0.25) is 0 Å². The van der Waals surface area contributed by atoms with Gasteiger partial charge in [-0.1, -0.05) is 28.9 Å². The van der Waals surface area contributed by atoms with Crippen LogP contribution in [0.5, 0.6) is 11.5 Å². The highest BCUT2D eigenvalue weighted by molar-refractivity contribution is 9.10. The van der Waals surface area contributed by atoms with Crippen molar-refractivity contribution >= 4 is 38.7 Å². The van der Waals surface area contributed by atoms with E-state index in [2.05, 4.69) is 26.0 Å². The van der Waals surface area contributed by atoms with Gasteiger partial charge in [0.25, 0.3) is 11.2 Å². The summed E-state index contributed by atoms with van der Waals surface area (Å²) in [6.45, 7) is 2.17. The largest absolute Gasteiger partial charge is 0.493 e. The lowest BCUT2D eigenvalue weighted by molar-refractivity contribution is -0.384. The quantitative estimate of drug-likeness (QED) is 0.155. The predicted molar refractivity (Wildman–Crippen MR) is 141 cm³/mol. The molecule has 10 heteroatoms. The van der Waals surface area contributed by atoms with Gasteiger partial charge in [-0.05, 0) is 54.4 Å². The van der Waals surface area contributed by atoms with Gasteiger partial charge in [0, 0.05) is 28.6 Å². The summed E-state index contributed by atoms with van der Waals surface area (Å²) in [7, 11) is 1.53. The second-order valence-corrected chi connectivity index (χ2v) is 8.81. The van der Waals surface area contributed by atoms with Crippen molar-refractivity contribution in [3.63, 3.8) is 0 Å². The molecular weight excluding hydrogens is 528 g/mol. The maximum absolute atomic E-state index is 13.3. The second-order valence-electron chi connectivity index (χ2n) is 7.89. The normalized spacial score (nSPS) is 11.2. The van der Waals surface area contributed by atoms with E-state index in [9.17, 15) is 14.9 Å². The molecule has 1 aromatic heterocycles. The number of benzene rings is 3. The van der Waals surface area contributed by atoms with Crippen LogP contribution in [0.4, 0.5) is 5.69 Å². The maximum Gasteiger partial charge on any atom is 0.282 e. The lowest BCUT2D eigenvalue weighted by Crippen LogP contribution is -2.22. The number of nitro groups is 1. The molecule has 0 aliphatic rings. The zero-order valence-electron chi connectivity index (χ0n) is 19.7. The molecule has 0 unspecified atom stereocenters. The minimum atomic E-state index is -0.450. The topological polar surface area (TPSA) is 109 Å². The summed E-state index contributed by atoms with van der Waals surface area (Å²) >= 11 is 3.41. The molecule has 1 heterocycles. The Morgan fingerprint density at radius 1 is 1.17 bits per heavy atom. The van der Waals surface area contributed by atoms with Crippen molar-refractivity contribution in [2.45, 2.75) is 26.4 Å². The van der Waals surface area contributed by atoms with Gasteiger partial charge in [0.1, 0.15) is 12.4 Å². The molecule has 0 saturated carbocycles. The van der Waals surface area contributed by atoms with Crippen LogP contribution in [-0.4, -0.2) is 27.9 Å². The molecule has 4 aromatic rings. The number of halogens is 1. The summed E-state index contributed by atoms with van der Waals surface area (Å²) in [5.41, 5.74) is 1.71. The molecule has 0 N–H and O–H groups in total. The summed E-state index contributed by atoms with van der Waals surface area (Å²) in [6.07, 6.45) is 2.92. The Bertz CT molecular complexity index is 1500. The molecule has 0 aliphatic carbocycles. The van der Waals surface area contributed by atoms with Crippen molar-refractivity contribution in [2.24, 2.45) is 5.10 Å². The molecule has 0 aliphatic heterocycles. The van der Waals surface area contributed by atoms with Gasteiger partial charge >= 0.3 is 0 Å². The fraction of sp³-hybridized carbons (Fsp3) is 0.192. The molecule has 184 valence electrons. The molecule has 9 nitrogen and oxygen atoms in total. The van der Waals surface area contributed by atoms with Gasteiger partial charge in [-0.3, -0.25) is 14.9 Å². The van der Waals surface area contributed by atoms with Crippen LogP contribution in [0.15, 0.2) is 75.0 Å². The van der Waals surface area contributed by atoms with Gasteiger partial charge in [-0.2, -0.15) is 9.78 Å². The van der Waals surface area contributed by atoms with Crippen LogP contribution in [-0.2, 0) is 13.0 Å². The van der Waals surface area contributed by atoms with Crippen molar-refractivity contribution in [2.75, 3.05) is 7.11 Å². The van der Waals surface area contributed by atoms with E-state index in [1.807, 2.05) is 13.0 Å². The Morgan fingerprint density at radius 2 is 1.94 bits per heavy atom. The number of methoxy groups -OCH3 is 1. The molecule has 0 atom stereocenters. The van der Waals surface area contributed by atoms with E-state index in [1.165, 1.54) is 23.9 Å². The van der Waals surface area contributed by atoms with Crippen molar-refractivity contribution in [1.82, 2.24) is 9.66 Å². The van der Waals surface area contributed by atoms with Crippen LogP contribution < -0.4 is 15.0 Å². The van der Waals surface area contributed by atoms with E-state index in [-0.39, 0.29) is 17.9 Å². The first-order valence-corrected chi connectivity index (χ1v) is 12.0. The number of hydrogen-bond acceptors (Lipinski definition) is 7. The summed E-state index contributed by atoms with van der Waals surface area (Å²) in [5, 5.41) is 15.8. The Kier molecular flexibility index (Phi) is 7.74. The van der Waals surface area contributed by atoms with Gasteiger partial charge in [-0.25, -0.2) is 4.98 Å². The highest BCUT2D eigenvalue weighted by atomic mass is 79.9. The van der Waals surface area contributed by atoms with Crippen molar-refractivity contribution in [1.29, 1.82) is 0 Å². The van der Waals surface area contributed by atoms with E-state index in [0.29, 0.717) is 40.2 Å². The molecule has 3 aromatic carbocycles. The number of ether oxygens (including phenoxy) is 2. The third-order valence-electron chi connectivity index (χ3n) is 5.42. The second kappa shape index (κ2) is 11.1. The number of aromatic nitrogens is 2. The fourth-order valence-corrected chi connectivity index (χ4v) is 4.00. The maximum atomic E-state index is 13.3. The number of nitrogens with zero attached hydrogens (tertiary/aromatic N) is 4. The van der Waals surface area contributed by atoms with Crippen LogP contribution in [0.3, 0.4) is 0 Å². The highest BCUT2D eigenvalue weighted by Crippen LogP contribution is 2.31. The summed E-state index contributed by atoms with van der Waals surface area (Å²) in [4.78, 5) is 28.4. The first-order chi connectivity index (χ1) is 17.4. The number of hydrogen-bond donors (Lipinski definition) is 0. The monoisotopic (exact) mass is 550 g/mol. The summed E-state index contributed by atoms with van der Waals surface area (Å²) in [5.74, 6) is 1.48. The number of fused-ring (bicyclic) bond motifs is 1. The van der Waals surface area contributed by atoms with Gasteiger partial charge in [-0.15, -0.1) is 0 Å². The van der Waals surface area contributed by atoms with Crippen molar-refractivity contribution in [3.8, 4) is 11.5 Å². The number of non-ortho nitro benzene ring substituents is 1. The first kappa shape index (κ1) is 25.1. The number of rotatable bonds is 9. The van der Waals surface area contributed by atoms with Crippen molar-refractivity contribution in [3.05, 3.63) is 103 Å². The van der Waals surface area contributed by atoms with Crippen molar-refractivity contribution < 1.29 is 14.4 Å². The minimum absolute atomic E-state index is 0.00761. The average Bonchev–Trinajstić information content (AvgIpc) is 2.88. The Labute approximate surface area is 215 Å². The minimum Gasteiger partial charge on any atom is -0.493 e. The number of para-hydroxylation sites is 1. The van der Waals surface area contributed by atoms with E-state index in [4.69, 9.17) is 9.47 Å². The molecule has 0 amide bonds. The molecule has 36 heavy (non-hydrogen) atoms. The standard InChI is InChI=1S/C26H23BrN4O5/c1-3-5-24-29-22-13-10-19(27)14-21(22)26(32)30(24)28-15-18-6-4-7-23(35-2)25(18)36-16-17-8-11-20(12-9-17)31(33)34/h4,6-15H,3,5,16H2,1-2H3. The Balaban J connectivity index is 1.70. The SMILES string of the molecule is CCCc1nc2ccc(Br)cc2c(=O)n1N=Cc1cccc(OC)c1OCc1ccc([N+](=O)[O-])cc1. The fourth-order valence-electron chi connectivity index (χ4n) is 3.64. The predicted octanol–water partition coefficient (Wildman–Crippen LogP) is 5.49. The molecule has 0 saturated heterocycles. The first-order valence-electron chi connectivity index (χ1n) is 11.2. The summed E-state index contributed by atoms with van der Waals surface area (Å²) in [6, 6.07) is 16.9. The molecule has 4 rings (SSSR count). The van der Waals surface area contributed by atoms with E-state index < -0.39 is 4.92 Å². The van der Waals surface area contributed by atoms with Crippen LogP contribution in [0.25, 0.3) is 10.9 Å². The number of nitro benzene ring substituents is 1. The van der Waals surface area contributed by atoms with Crippen LogP contribution in [0.1, 0.15) is 30.3 Å². The third-order valence-corrected chi connectivity index (χ3v) is 5.91. The molecule has 0 radical (unpaired) electrons. The number of aryl methyl sites for hydroxylation is 1. The van der Waals surface area contributed by atoms with Gasteiger partial charge in [0.05, 0.1) is 29.2 Å². The Hall–Kier alpha value is -4.05. The average molecular weight is 551 g/mol.